The maximum atomic E-state index is 11.4. The Labute approximate surface area is 103 Å². The van der Waals surface area contributed by atoms with Gasteiger partial charge in [0.25, 0.3) is 0 Å². The van der Waals surface area contributed by atoms with Crippen molar-refractivity contribution in [3.8, 4) is 0 Å². The molecule has 96 valence electrons. The van der Waals surface area contributed by atoms with Gasteiger partial charge < -0.3 is 10.5 Å². The number of carbonyl (C=O) groups excluding carboxylic acids is 3. The lowest BCUT2D eigenvalue weighted by atomic mass is 10.0. The fourth-order valence-corrected chi connectivity index (χ4v) is 1.25. The molecule has 0 amide bonds. The van der Waals surface area contributed by atoms with Gasteiger partial charge in [0.1, 0.15) is 0 Å². The van der Waals surface area contributed by atoms with Gasteiger partial charge in [-0.3, -0.25) is 0 Å². The summed E-state index contributed by atoms with van der Waals surface area (Å²) in [6.45, 7) is 4.68. The summed E-state index contributed by atoms with van der Waals surface area (Å²) in [6, 6.07) is 0. The van der Waals surface area contributed by atoms with Gasteiger partial charge in [0.2, 0.25) is 0 Å². The van der Waals surface area contributed by atoms with Crippen molar-refractivity contribution in [2.45, 2.75) is 18.9 Å². The van der Waals surface area contributed by atoms with Crippen molar-refractivity contribution in [3.05, 3.63) is 12.2 Å². The molecule has 0 aliphatic heterocycles. The molecule has 0 fully saturated rings. The summed E-state index contributed by atoms with van der Waals surface area (Å²) in [7, 11) is 0. The van der Waals surface area contributed by atoms with Crippen molar-refractivity contribution in [3.63, 3.8) is 0 Å². The highest BCUT2D eigenvalue weighted by Crippen LogP contribution is 2.11. The summed E-state index contributed by atoms with van der Waals surface area (Å²) in [5.41, 5.74) is 3.79. The lowest BCUT2D eigenvalue weighted by molar-refractivity contribution is -0.259. The molecule has 1 unspecified atom stereocenters. The van der Waals surface area contributed by atoms with Crippen LogP contribution in [-0.2, 0) is 24.2 Å². The van der Waals surface area contributed by atoms with E-state index < -0.39 is 17.5 Å². The monoisotopic (exact) mass is 261 g/mol. The van der Waals surface area contributed by atoms with Crippen molar-refractivity contribution in [2.24, 2.45) is 5.73 Å². The van der Waals surface area contributed by atoms with E-state index in [0.29, 0.717) is 5.75 Å². The molecule has 17 heavy (non-hydrogen) atoms. The SMILES string of the molecule is C=C(C)C(=O)OOC(=O)C(N)(C=O)CCSC. The fourth-order valence-electron chi connectivity index (χ4n) is 0.704. The van der Waals surface area contributed by atoms with Crippen molar-refractivity contribution in [1.29, 1.82) is 0 Å². The number of carbonyl (C=O) groups is 3. The van der Waals surface area contributed by atoms with Gasteiger partial charge in [-0.1, -0.05) is 6.58 Å². The van der Waals surface area contributed by atoms with Crippen molar-refractivity contribution >= 4 is 30.0 Å². The van der Waals surface area contributed by atoms with E-state index in [1.165, 1.54) is 18.7 Å². The molecule has 0 aliphatic carbocycles. The number of aldehydes is 1. The summed E-state index contributed by atoms with van der Waals surface area (Å²) < 4.78 is 0. The van der Waals surface area contributed by atoms with Crippen LogP contribution in [0.15, 0.2) is 12.2 Å². The van der Waals surface area contributed by atoms with E-state index in [1.807, 2.05) is 0 Å². The number of rotatable bonds is 6. The summed E-state index contributed by atoms with van der Waals surface area (Å²) >= 11 is 1.42. The second-order valence-electron chi connectivity index (χ2n) is 3.42. The molecule has 0 saturated carbocycles. The van der Waals surface area contributed by atoms with Crippen LogP contribution in [0.3, 0.4) is 0 Å². The summed E-state index contributed by atoms with van der Waals surface area (Å²) in [5.74, 6) is -1.49. The summed E-state index contributed by atoms with van der Waals surface area (Å²) in [4.78, 5) is 41.5. The Morgan fingerprint density at radius 2 is 2.06 bits per heavy atom. The molecule has 1 atom stereocenters. The van der Waals surface area contributed by atoms with Gasteiger partial charge in [0.15, 0.2) is 11.8 Å². The molecule has 6 nitrogen and oxygen atoms in total. The maximum absolute atomic E-state index is 11.4. The largest absolute Gasteiger partial charge is 0.382 e. The maximum Gasteiger partial charge on any atom is 0.382 e. The van der Waals surface area contributed by atoms with Crippen LogP contribution in [0.4, 0.5) is 0 Å². The molecule has 0 bridgehead atoms. The molecule has 0 aliphatic rings. The minimum Gasteiger partial charge on any atom is -0.310 e. The number of nitrogens with two attached hydrogens (primary N) is 1. The number of hydrogen-bond donors (Lipinski definition) is 1. The van der Waals surface area contributed by atoms with Gasteiger partial charge in [-0.25, -0.2) is 19.4 Å². The highest BCUT2D eigenvalue weighted by molar-refractivity contribution is 7.98. The third-order valence-corrected chi connectivity index (χ3v) is 2.46. The molecule has 7 heteroatoms. The normalized spacial score (nSPS) is 13.4. The minimum absolute atomic E-state index is 0.0654. The van der Waals surface area contributed by atoms with Crippen LogP contribution in [0.1, 0.15) is 13.3 Å². The van der Waals surface area contributed by atoms with E-state index in [0.717, 1.165) is 0 Å². The molecule has 0 saturated heterocycles. The van der Waals surface area contributed by atoms with Crippen LogP contribution in [0.2, 0.25) is 0 Å². The standard InChI is InChI=1S/C10H15NO5S/c1-7(2)8(13)15-16-9(14)10(11,6-12)4-5-17-3/h6H,1,4-5,11H2,2-3H3. The third-order valence-electron chi connectivity index (χ3n) is 1.85. The van der Waals surface area contributed by atoms with E-state index in [1.54, 1.807) is 6.26 Å². The average molecular weight is 261 g/mol. The van der Waals surface area contributed by atoms with Crippen LogP contribution in [0.25, 0.3) is 0 Å². The molecule has 0 aromatic carbocycles. The molecular weight excluding hydrogens is 246 g/mol. The Bertz CT molecular complexity index is 331. The van der Waals surface area contributed by atoms with Gasteiger partial charge in [-0.2, -0.15) is 11.8 Å². The first-order valence-corrected chi connectivity index (χ1v) is 6.09. The number of hydrogen-bond acceptors (Lipinski definition) is 7. The number of thioether (sulfide) groups is 1. The first kappa shape index (κ1) is 15.7. The second-order valence-corrected chi connectivity index (χ2v) is 4.41. The first-order chi connectivity index (χ1) is 7.87. The van der Waals surface area contributed by atoms with Crippen LogP contribution < -0.4 is 5.73 Å². The van der Waals surface area contributed by atoms with Gasteiger partial charge >= 0.3 is 11.9 Å². The summed E-state index contributed by atoms with van der Waals surface area (Å²) in [6.07, 6.45) is 2.18. The quantitative estimate of drug-likeness (QED) is 0.240. The predicted molar refractivity (Wildman–Crippen MR) is 63.0 cm³/mol. The zero-order valence-corrected chi connectivity index (χ0v) is 10.5. The predicted octanol–water partition coefficient (Wildman–Crippen LogP) is 0.213. The Kier molecular flexibility index (Phi) is 6.52. The molecule has 2 N–H and O–H groups in total. The van der Waals surface area contributed by atoms with Crippen molar-refractivity contribution in [2.75, 3.05) is 12.0 Å². The molecule has 0 radical (unpaired) electrons. The van der Waals surface area contributed by atoms with Gasteiger partial charge in [-0.05, 0) is 25.4 Å². The van der Waals surface area contributed by atoms with E-state index in [4.69, 9.17) is 5.73 Å². The summed E-state index contributed by atoms with van der Waals surface area (Å²) in [5, 5.41) is 0. The van der Waals surface area contributed by atoms with Crippen LogP contribution in [0.5, 0.6) is 0 Å². The van der Waals surface area contributed by atoms with Gasteiger partial charge in [0, 0.05) is 5.57 Å². The Morgan fingerprint density at radius 3 is 2.47 bits per heavy atom. The van der Waals surface area contributed by atoms with E-state index >= 15 is 0 Å². The van der Waals surface area contributed by atoms with Crippen molar-refractivity contribution < 1.29 is 24.2 Å². The molecule has 0 rings (SSSR count). The zero-order chi connectivity index (χ0) is 13.5. The topological polar surface area (TPSA) is 95.7 Å². The smallest absolute Gasteiger partial charge is 0.310 e. The Morgan fingerprint density at radius 1 is 1.47 bits per heavy atom. The Hall–Kier alpha value is -1.34. The Balaban J connectivity index is 4.40. The van der Waals surface area contributed by atoms with Crippen LogP contribution >= 0.6 is 11.8 Å². The van der Waals surface area contributed by atoms with Crippen LogP contribution in [-0.4, -0.2) is 35.8 Å². The lowest BCUT2D eigenvalue weighted by Crippen LogP contribution is -2.51. The minimum atomic E-state index is -1.79. The fraction of sp³-hybridized carbons (Fsp3) is 0.500. The molecule has 0 aromatic rings. The lowest BCUT2D eigenvalue weighted by Gasteiger charge is -2.18. The van der Waals surface area contributed by atoms with Crippen LogP contribution in [0, 0.1) is 0 Å². The van der Waals surface area contributed by atoms with Gasteiger partial charge in [0.05, 0.1) is 0 Å². The average Bonchev–Trinajstić information content (AvgIpc) is 2.32. The van der Waals surface area contributed by atoms with E-state index in [9.17, 15) is 14.4 Å². The van der Waals surface area contributed by atoms with Gasteiger partial charge in [-0.15, -0.1) is 0 Å². The van der Waals surface area contributed by atoms with E-state index in [-0.39, 0.29) is 18.3 Å². The van der Waals surface area contributed by atoms with Crippen molar-refractivity contribution in [1.82, 2.24) is 0 Å². The third kappa shape index (κ3) is 5.01. The highest BCUT2D eigenvalue weighted by atomic mass is 32.2. The molecular formula is C10H15NO5S. The molecule has 0 heterocycles. The molecule has 0 spiro atoms. The highest BCUT2D eigenvalue weighted by Gasteiger charge is 2.37. The van der Waals surface area contributed by atoms with E-state index in [2.05, 4.69) is 16.4 Å². The molecule has 0 aromatic heterocycles. The first-order valence-electron chi connectivity index (χ1n) is 4.70. The second kappa shape index (κ2) is 7.08. The zero-order valence-electron chi connectivity index (χ0n) is 9.73.